The smallest absolute Gasteiger partial charge is 0.223 e. The summed E-state index contributed by atoms with van der Waals surface area (Å²) >= 11 is 0. The number of amides is 1. The highest BCUT2D eigenvalue weighted by Crippen LogP contribution is 2.39. The second kappa shape index (κ2) is 5.97. The summed E-state index contributed by atoms with van der Waals surface area (Å²) in [6.07, 6.45) is 6.92. The van der Waals surface area contributed by atoms with Gasteiger partial charge in [0.25, 0.3) is 0 Å². The molecule has 0 radical (unpaired) electrons. The molecule has 25 heavy (non-hydrogen) atoms. The molecule has 3 heterocycles. The van der Waals surface area contributed by atoms with Gasteiger partial charge in [-0.1, -0.05) is 12.8 Å². The molecule has 1 aliphatic heterocycles. The molecule has 7 heteroatoms. The zero-order valence-corrected chi connectivity index (χ0v) is 14.4. The number of nitrogens with zero attached hydrogens (tertiary/aromatic N) is 5. The average molecular weight is 340 g/mol. The minimum atomic E-state index is 0.258. The molecule has 2 aromatic rings. The lowest BCUT2D eigenvalue weighted by atomic mass is 9.99. The summed E-state index contributed by atoms with van der Waals surface area (Å²) in [7, 11) is 0. The van der Waals surface area contributed by atoms with Crippen molar-refractivity contribution in [2.45, 2.75) is 44.4 Å². The first-order valence-electron chi connectivity index (χ1n) is 9.53. The van der Waals surface area contributed by atoms with Crippen molar-refractivity contribution in [1.29, 1.82) is 0 Å². The van der Waals surface area contributed by atoms with E-state index in [2.05, 4.69) is 20.4 Å². The molecule has 2 aliphatic carbocycles. The van der Waals surface area contributed by atoms with Gasteiger partial charge in [0.15, 0.2) is 11.5 Å². The highest BCUT2D eigenvalue weighted by Gasteiger charge is 2.32. The van der Waals surface area contributed by atoms with Crippen molar-refractivity contribution in [2.24, 2.45) is 11.8 Å². The summed E-state index contributed by atoms with van der Waals surface area (Å²) in [5.74, 6) is 3.55. The molecule has 2 saturated carbocycles. The number of carbonyl (C=O) groups excluding carboxylic acids is 1. The van der Waals surface area contributed by atoms with Crippen LogP contribution in [0.2, 0.25) is 0 Å². The fraction of sp³-hybridized carbons (Fsp3) is 0.667. The van der Waals surface area contributed by atoms with Crippen molar-refractivity contribution < 1.29 is 4.79 Å². The minimum absolute atomic E-state index is 0.258. The SMILES string of the molecule is O=C(NCC1CN(c2ccc3nnc(C4CC4)n3n2)C1)C1CCCC1. The van der Waals surface area contributed by atoms with Gasteiger partial charge in [0, 0.05) is 37.4 Å². The summed E-state index contributed by atoms with van der Waals surface area (Å²) < 4.78 is 1.90. The average Bonchev–Trinajstić information content (AvgIpc) is 3.11. The molecule has 7 nitrogen and oxygen atoms in total. The van der Waals surface area contributed by atoms with Gasteiger partial charge in [0.1, 0.15) is 5.82 Å². The predicted octanol–water partition coefficient (Wildman–Crippen LogP) is 1.74. The minimum Gasteiger partial charge on any atom is -0.355 e. The summed E-state index contributed by atoms with van der Waals surface area (Å²) in [5.41, 5.74) is 0.826. The van der Waals surface area contributed by atoms with Gasteiger partial charge in [0.05, 0.1) is 0 Å². The van der Waals surface area contributed by atoms with Crippen molar-refractivity contribution in [3.05, 3.63) is 18.0 Å². The Hall–Kier alpha value is -2.18. The molecule has 2 aromatic heterocycles. The summed E-state index contributed by atoms with van der Waals surface area (Å²) in [4.78, 5) is 14.4. The molecular weight excluding hydrogens is 316 g/mol. The highest BCUT2D eigenvalue weighted by atomic mass is 16.1. The number of carbonyl (C=O) groups is 1. The maximum atomic E-state index is 12.1. The van der Waals surface area contributed by atoms with Crippen molar-refractivity contribution in [1.82, 2.24) is 25.1 Å². The van der Waals surface area contributed by atoms with E-state index in [9.17, 15) is 4.79 Å². The maximum Gasteiger partial charge on any atom is 0.223 e. The van der Waals surface area contributed by atoms with Gasteiger partial charge in [0.2, 0.25) is 5.91 Å². The fourth-order valence-electron chi connectivity index (χ4n) is 4.02. The van der Waals surface area contributed by atoms with E-state index in [4.69, 9.17) is 5.10 Å². The van der Waals surface area contributed by atoms with E-state index < -0.39 is 0 Å². The van der Waals surface area contributed by atoms with Crippen LogP contribution in [0.3, 0.4) is 0 Å². The van der Waals surface area contributed by atoms with E-state index in [1.165, 1.54) is 25.7 Å². The van der Waals surface area contributed by atoms with Crippen LogP contribution < -0.4 is 10.2 Å². The molecular formula is C18H24N6O. The maximum absolute atomic E-state index is 12.1. The molecule has 0 bridgehead atoms. The van der Waals surface area contributed by atoms with Crippen molar-refractivity contribution in [3.63, 3.8) is 0 Å². The standard InChI is InChI=1S/C18H24N6O/c25-18(14-3-1-2-4-14)19-9-12-10-23(11-12)16-8-7-15-20-21-17(13-5-6-13)24(15)22-16/h7-8,12-14H,1-6,9-11H2,(H,19,25). The number of nitrogens with one attached hydrogen (secondary N) is 1. The van der Waals surface area contributed by atoms with Crippen LogP contribution >= 0.6 is 0 Å². The quantitative estimate of drug-likeness (QED) is 0.897. The monoisotopic (exact) mass is 340 g/mol. The van der Waals surface area contributed by atoms with E-state index in [-0.39, 0.29) is 11.8 Å². The molecule has 0 unspecified atom stereocenters. The van der Waals surface area contributed by atoms with Crippen LogP contribution in [0.5, 0.6) is 0 Å². The Labute approximate surface area is 146 Å². The van der Waals surface area contributed by atoms with Crippen LogP contribution in [0.15, 0.2) is 12.1 Å². The Morgan fingerprint density at radius 3 is 2.68 bits per heavy atom. The van der Waals surface area contributed by atoms with Crippen LogP contribution in [0.1, 0.15) is 50.3 Å². The number of hydrogen-bond donors (Lipinski definition) is 1. The van der Waals surface area contributed by atoms with E-state index in [0.29, 0.717) is 11.8 Å². The lowest BCUT2D eigenvalue weighted by Crippen LogP contribution is -2.52. The van der Waals surface area contributed by atoms with Crippen molar-refractivity contribution in [2.75, 3.05) is 24.5 Å². The molecule has 3 fully saturated rings. The first kappa shape index (κ1) is 15.1. The van der Waals surface area contributed by atoms with Gasteiger partial charge in [-0.3, -0.25) is 4.79 Å². The van der Waals surface area contributed by atoms with Crippen LogP contribution in [0, 0.1) is 11.8 Å². The fourth-order valence-corrected chi connectivity index (χ4v) is 4.02. The largest absolute Gasteiger partial charge is 0.355 e. The van der Waals surface area contributed by atoms with E-state index in [1.54, 1.807) is 0 Å². The summed E-state index contributed by atoms with van der Waals surface area (Å²) in [6.45, 7) is 2.68. The number of rotatable bonds is 5. The van der Waals surface area contributed by atoms with Gasteiger partial charge < -0.3 is 10.2 Å². The van der Waals surface area contributed by atoms with Crippen molar-refractivity contribution >= 4 is 17.4 Å². The Kier molecular flexibility index (Phi) is 3.60. The first-order valence-corrected chi connectivity index (χ1v) is 9.53. The molecule has 0 aromatic carbocycles. The lowest BCUT2D eigenvalue weighted by Gasteiger charge is -2.40. The summed E-state index contributed by atoms with van der Waals surface area (Å²) in [5, 5.41) is 16.4. The van der Waals surface area contributed by atoms with Gasteiger partial charge >= 0.3 is 0 Å². The van der Waals surface area contributed by atoms with Crippen molar-refractivity contribution in [3.8, 4) is 0 Å². The predicted molar refractivity (Wildman–Crippen MR) is 93.4 cm³/mol. The number of hydrogen-bond acceptors (Lipinski definition) is 5. The van der Waals surface area contributed by atoms with E-state index in [0.717, 1.165) is 49.8 Å². The van der Waals surface area contributed by atoms with Gasteiger partial charge in [-0.2, -0.15) is 4.52 Å². The summed E-state index contributed by atoms with van der Waals surface area (Å²) in [6, 6.07) is 4.02. The van der Waals surface area contributed by atoms with Crippen LogP contribution in [-0.4, -0.2) is 45.4 Å². The zero-order valence-electron chi connectivity index (χ0n) is 14.4. The van der Waals surface area contributed by atoms with E-state index in [1.807, 2.05) is 16.6 Å². The van der Waals surface area contributed by atoms with Crippen LogP contribution in [-0.2, 0) is 4.79 Å². The molecule has 1 N–H and O–H groups in total. The van der Waals surface area contributed by atoms with Crippen LogP contribution in [0.4, 0.5) is 5.82 Å². The second-order valence-corrected chi connectivity index (χ2v) is 7.79. The zero-order chi connectivity index (χ0) is 16.8. The third-order valence-electron chi connectivity index (χ3n) is 5.79. The Balaban J connectivity index is 1.18. The second-order valence-electron chi connectivity index (χ2n) is 7.79. The number of anilines is 1. The molecule has 1 amide bonds. The van der Waals surface area contributed by atoms with Gasteiger partial charge in [-0.25, -0.2) is 0 Å². The molecule has 0 spiro atoms. The molecule has 0 atom stereocenters. The first-order chi connectivity index (χ1) is 12.3. The Morgan fingerprint density at radius 2 is 1.92 bits per heavy atom. The van der Waals surface area contributed by atoms with Gasteiger partial charge in [-0.05, 0) is 37.8 Å². The third-order valence-corrected chi connectivity index (χ3v) is 5.79. The topological polar surface area (TPSA) is 75.4 Å². The van der Waals surface area contributed by atoms with Crippen LogP contribution in [0.25, 0.3) is 5.65 Å². The molecule has 5 rings (SSSR count). The third kappa shape index (κ3) is 2.85. The normalized spacial score (nSPS) is 21.7. The number of fused-ring (bicyclic) bond motifs is 1. The number of aromatic nitrogens is 4. The van der Waals surface area contributed by atoms with Gasteiger partial charge in [-0.15, -0.1) is 15.3 Å². The Bertz CT molecular complexity index is 786. The molecule has 132 valence electrons. The molecule has 1 saturated heterocycles. The lowest BCUT2D eigenvalue weighted by molar-refractivity contribution is -0.125. The van der Waals surface area contributed by atoms with E-state index >= 15 is 0 Å². The Morgan fingerprint density at radius 1 is 1.12 bits per heavy atom. The highest BCUT2D eigenvalue weighted by molar-refractivity contribution is 5.78. The molecule has 3 aliphatic rings.